The van der Waals surface area contributed by atoms with Crippen LogP contribution < -0.4 is 10.1 Å². The number of amidine groups is 1. The van der Waals surface area contributed by atoms with Gasteiger partial charge in [0.1, 0.15) is 11.5 Å². The third-order valence-corrected chi connectivity index (χ3v) is 5.95. The summed E-state index contributed by atoms with van der Waals surface area (Å²) in [7, 11) is 1.61. The van der Waals surface area contributed by atoms with Gasteiger partial charge >= 0.3 is 0 Å². The fourth-order valence-electron chi connectivity index (χ4n) is 2.47. The molecular weight excluding hydrogens is 428 g/mol. The molecule has 3 aromatic rings. The SMILES string of the molecule is COc1ccc(N=C2NC(=O)/C(=C/c3ccc(Sc4ccc(Cl)cc4)o3)S2)cc1. The number of nitrogens with one attached hydrogen (secondary N) is 1. The van der Waals surface area contributed by atoms with Crippen LogP contribution >= 0.6 is 35.1 Å². The zero-order chi connectivity index (χ0) is 20.2. The number of nitrogens with zero attached hydrogens (tertiary/aromatic N) is 1. The maximum Gasteiger partial charge on any atom is 0.264 e. The quantitative estimate of drug-likeness (QED) is 0.492. The molecule has 1 aromatic heterocycles. The Morgan fingerprint density at radius 3 is 2.59 bits per heavy atom. The number of carbonyl (C=O) groups is 1. The van der Waals surface area contributed by atoms with E-state index in [9.17, 15) is 4.79 Å². The number of halogens is 1. The summed E-state index contributed by atoms with van der Waals surface area (Å²) < 4.78 is 10.9. The molecule has 29 heavy (non-hydrogen) atoms. The lowest BCUT2D eigenvalue weighted by atomic mass is 10.3. The lowest BCUT2D eigenvalue weighted by Crippen LogP contribution is -2.19. The van der Waals surface area contributed by atoms with Crippen LogP contribution in [0.2, 0.25) is 5.02 Å². The van der Waals surface area contributed by atoms with Gasteiger partial charge in [-0.1, -0.05) is 23.4 Å². The van der Waals surface area contributed by atoms with Crippen LogP contribution in [-0.2, 0) is 4.79 Å². The molecular formula is C21H15ClN2O3S2. The highest BCUT2D eigenvalue weighted by Crippen LogP contribution is 2.33. The fraction of sp³-hybridized carbons (Fsp3) is 0.0476. The Balaban J connectivity index is 1.45. The van der Waals surface area contributed by atoms with E-state index in [-0.39, 0.29) is 5.91 Å². The van der Waals surface area contributed by atoms with E-state index in [0.29, 0.717) is 20.9 Å². The summed E-state index contributed by atoms with van der Waals surface area (Å²) in [6, 6.07) is 18.5. The average molecular weight is 443 g/mol. The van der Waals surface area contributed by atoms with E-state index >= 15 is 0 Å². The van der Waals surface area contributed by atoms with Crippen molar-refractivity contribution >= 4 is 58.0 Å². The van der Waals surface area contributed by atoms with Gasteiger partial charge in [0.2, 0.25) is 0 Å². The summed E-state index contributed by atoms with van der Waals surface area (Å²) in [6.45, 7) is 0. The number of hydrogen-bond donors (Lipinski definition) is 1. The zero-order valence-electron chi connectivity index (χ0n) is 15.2. The Labute approximate surface area is 181 Å². The van der Waals surface area contributed by atoms with E-state index in [1.54, 1.807) is 13.2 Å². The number of ether oxygens (including phenoxy) is 1. The second-order valence-corrected chi connectivity index (χ2v) is 8.44. The number of thioether (sulfide) groups is 1. The molecule has 1 aliphatic heterocycles. The van der Waals surface area contributed by atoms with Crippen molar-refractivity contribution in [3.8, 4) is 5.75 Å². The molecule has 0 saturated carbocycles. The predicted octanol–water partition coefficient (Wildman–Crippen LogP) is 5.98. The van der Waals surface area contributed by atoms with Gasteiger partial charge < -0.3 is 14.5 Å². The minimum atomic E-state index is -0.203. The largest absolute Gasteiger partial charge is 0.497 e. The van der Waals surface area contributed by atoms with Crippen molar-refractivity contribution in [2.45, 2.75) is 9.99 Å². The minimum absolute atomic E-state index is 0.203. The Bertz CT molecular complexity index is 1090. The molecule has 1 N–H and O–H groups in total. The first-order chi connectivity index (χ1) is 14.1. The zero-order valence-corrected chi connectivity index (χ0v) is 17.6. The lowest BCUT2D eigenvalue weighted by Gasteiger charge is -1.99. The van der Waals surface area contributed by atoms with Crippen molar-refractivity contribution in [1.29, 1.82) is 0 Å². The summed E-state index contributed by atoms with van der Waals surface area (Å²) >= 11 is 8.66. The second kappa shape index (κ2) is 8.82. The van der Waals surface area contributed by atoms with E-state index in [1.807, 2.05) is 60.7 Å². The van der Waals surface area contributed by atoms with Crippen LogP contribution in [0.3, 0.4) is 0 Å². The molecule has 2 aromatic carbocycles. The molecule has 0 bridgehead atoms. The molecule has 1 aliphatic rings. The third kappa shape index (κ3) is 5.06. The van der Waals surface area contributed by atoms with Crippen molar-refractivity contribution in [1.82, 2.24) is 5.32 Å². The summed E-state index contributed by atoms with van der Waals surface area (Å²) in [4.78, 5) is 18.2. The Morgan fingerprint density at radius 1 is 1.10 bits per heavy atom. The van der Waals surface area contributed by atoms with Gasteiger partial charge in [0.15, 0.2) is 10.3 Å². The summed E-state index contributed by atoms with van der Waals surface area (Å²) in [5.41, 5.74) is 0.731. The number of rotatable bonds is 5. The van der Waals surface area contributed by atoms with Gasteiger partial charge in [-0.2, -0.15) is 0 Å². The van der Waals surface area contributed by atoms with Gasteiger partial charge in [-0.05, 0) is 72.4 Å². The summed E-state index contributed by atoms with van der Waals surface area (Å²) in [6.07, 6.45) is 1.71. The van der Waals surface area contributed by atoms with Gasteiger partial charge in [-0.3, -0.25) is 4.79 Å². The molecule has 5 nitrogen and oxygen atoms in total. The normalized spacial score (nSPS) is 16.4. The van der Waals surface area contributed by atoms with Crippen molar-refractivity contribution in [3.05, 3.63) is 76.4 Å². The highest BCUT2D eigenvalue weighted by atomic mass is 35.5. The molecule has 2 heterocycles. The Hall–Kier alpha value is -2.61. The van der Waals surface area contributed by atoms with Crippen molar-refractivity contribution < 1.29 is 13.9 Å². The van der Waals surface area contributed by atoms with Crippen LogP contribution in [0.25, 0.3) is 6.08 Å². The number of carbonyl (C=O) groups excluding carboxylic acids is 1. The lowest BCUT2D eigenvalue weighted by molar-refractivity contribution is -0.115. The van der Waals surface area contributed by atoms with Crippen molar-refractivity contribution in [2.75, 3.05) is 7.11 Å². The molecule has 146 valence electrons. The minimum Gasteiger partial charge on any atom is -0.497 e. The van der Waals surface area contributed by atoms with E-state index in [1.165, 1.54) is 23.5 Å². The number of benzene rings is 2. The molecule has 0 atom stereocenters. The topological polar surface area (TPSA) is 63.8 Å². The van der Waals surface area contributed by atoms with E-state index in [0.717, 1.165) is 21.4 Å². The third-order valence-electron chi connectivity index (χ3n) is 3.86. The number of furan rings is 1. The van der Waals surface area contributed by atoms with Gasteiger partial charge in [-0.15, -0.1) is 0 Å². The van der Waals surface area contributed by atoms with Gasteiger partial charge in [0.25, 0.3) is 5.91 Å². The fourth-order valence-corrected chi connectivity index (χ4v) is 4.20. The smallest absolute Gasteiger partial charge is 0.264 e. The Kier molecular flexibility index (Phi) is 5.99. The Morgan fingerprint density at radius 2 is 1.86 bits per heavy atom. The molecule has 0 radical (unpaired) electrons. The molecule has 1 amide bonds. The monoisotopic (exact) mass is 442 g/mol. The molecule has 0 spiro atoms. The molecule has 1 saturated heterocycles. The first-order valence-electron chi connectivity index (χ1n) is 8.56. The molecule has 1 fully saturated rings. The molecule has 0 aliphatic carbocycles. The van der Waals surface area contributed by atoms with Crippen LogP contribution in [0.5, 0.6) is 5.75 Å². The van der Waals surface area contributed by atoms with Crippen LogP contribution in [0.15, 0.2) is 85.0 Å². The first-order valence-corrected chi connectivity index (χ1v) is 10.6. The van der Waals surface area contributed by atoms with Crippen molar-refractivity contribution in [2.24, 2.45) is 4.99 Å². The number of amides is 1. The van der Waals surface area contributed by atoms with Crippen LogP contribution in [0.4, 0.5) is 5.69 Å². The summed E-state index contributed by atoms with van der Waals surface area (Å²) in [5, 5.41) is 4.71. The first kappa shape index (κ1) is 19.7. The van der Waals surface area contributed by atoms with E-state index in [4.69, 9.17) is 20.8 Å². The number of hydrogen-bond acceptors (Lipinski definition) is 6. The van der Waals surface area contributed by atoms with Gasteiger partial charge in [0, 0.05) is 16.0 Å². The van der Waals surface area contributed by atoms with E-state index < -0.39 is 0 Å². The van der Waals surface area contributed by atoms with Gasteiger partial charge in [0.05, 0.1) is 17.7 Å². The standard InChI is InChI=1S/C21H15ClN2O3S2/c1-26-15-6-4-14(5-7-15)23-21-24-20(25)18(29-21)12-16-8-11-19(27-16)28-17-9-2-13(22)3-10-17/h2-12H,1H3,(H,23,24,25)/b18-12-. The molecule has 0 unspecified atom stereocenters. The average Bonchev–Trinajstić information content (AvgIpc) is 3.30. The highest BCUT2D eigenvalue weighted by Gasteiger charge is 2.24. The molecule has 4 rings (SSSR count). The summed E-state index contributed by atoms with van der Waals surface area (Å²) in [5.74, 6) is 1.15. The maximum absolute atomic E-state index is 12.2. The van der Waals surface area contributed by atoms with E-state index in [2.05, 4.69) is 10.3 Å². The number of aliphatic imine (C=N–C) groups is 1. The van der Waals surface area contributed by atoms with Crippen LogP contribution in [-0.4, -0.2) is 18.2 Å². The van der Waals surface area contributed by atoms with Crippen molar-refractivity contribution in [3.63, 3.8) is 0 Å². The number of methoxy groups -OCH3 is 1. The van der Waals surface area contributed by atoms with Crippen LogP contribution in [0.1, 0.15) is 5.76 Å². The maximum atomic E-state index is 12.2. The predicted molar refractivity (Wildman–Crippen MR) is 118 cm³/mol. The highest BCUT2D eigenvalue weighted by molar-refractivity contribution is 8.18. The second-order valence-electron chi connectivity index (χ2n) is 5.89. The van der Waals surface area contributed by atoms with Gasteiger partial charge in [-0.25, -0.2) is 4.99 Å². The van der Waals surface area contributed by atoms with Crippen LogP contribution in [0, 0.1) is 0 Å². The molecule has 8 heteroatoms.